The minimum absolute atomic E-state index is 0.571. The highest BCUT2D eigenvalue weighted by Gasteiger charge is 2.37. The van der Waals surface area contributed by atoms with Gasteiger partial charge in [0.25, 0.3) is 0 Å². The maximum atomic E-state index is 3.58. The zero-order valence-corrected chi connectivity index (χ0v) is 10.2. The van der Waals surface area contributed by atoms with E-state index in [0.717, 1.165) is 24.9 Å². The lowest BCUT2D eigenvalue weighted by molar-refractivity contribution is 0.504. The molecule has 0 radical (unpaired) electrons. The molecule has 0 saturated heterocycles. The largest absolute Gasteiger partial charge is 0.318 e. The van der Waals surface area contributed by atoms with Crippen LogP contribution in [0.15, 0.2) is 30.3 Å². The molecule has 16 heavy (non-hydrogen) atoms. The van der Waals surface area contributed by atoms with E-state index in [1.165, 1.54) is 12.0 Å². The van der Waals surface area contributed by atoms with Gasteiger partial charge in [0.05, 0.1) is 0 Å². The zero-order chi connectivity index (χ0) is 11.4. The van der Waals surface area contributed by atoms with Crippen molar-refractivity contribution in [1.29, 1.82) is 0 Å². The number of hydrogen-bond donors (Lipinski definition) is 2. The van der Waals surface area contributed by atoms with Crippen molar-refractivity contribution in [3.8, 4) is 0 Å². The summed E-state index contributed by atoms with van der Waals surface area (Å²) in [5.41, 5.74) is 1.51. The molecule has 0 aliphatic heterocycles. The fraction of sp³-hybridized carbons (Fsp3) is 0.571. The van der Waals surface area contributed by atoms with Gasteiger partial charge in [-0.3, -0.25) is 0 Å². The molecule has 0 aromatic heterocycles. The molecule has 2 heteroatoms. The molecule has 1 saturated carbocycles. The molecule has 1 aromatic rings. The van der Waals surface area contributed by atoms with Crippen LogP contribution < -0.4 is 10.6 Å². The van der Waals surface area contributed by atoms with Crippen molar-refractivity contribution in [3.63, 3.8) is 0 Å². The van der Waals surface area contributed by atoms with Gasteiger partial charge in [-0.25, -0.2) is 0 Å². The number of nitrogens with one attached hydrogen (secondary N) is 2. The summed E-state index contributed by atoms with van der Waals surface area (Å²) in [7, 11) is 2.00. The van der Waals surface area contributed by atoms with E-state index in [4.69, 9.17) is 0 Å². The van der Waals surface area contributed by atoms with Crippen molar-refractivity contribution in [2.75, 3.05) is 20.1 Å². The average molecular weight is 218 g/mol. The van der Waals surface area contributed by atoms with Gasteiger partial charge in [-0.05, 0) is 44.3 Å². The average Bonchev–Trinajstić information content (AvgIpc) is 3.07. The van der Waals surface area contributed by atoms with Crippen LogP contribution in [0.1, 0.15) is 24.8 Å². The Kier molecular flexibility index (Phi) is 3.97. The number of rotatable bonds is 6. The summed E-state index contributed by atoms with van der Waals surface area (Å²) in [5, 5.41) is 6.77. The van der Waals surface area contributed by atoms with E-state index in [9.17, 15) is 0 Å². The van der Waals surface area contributed by atoms with Gasteiger partial charge in [-0.15, -0.1) is 0 Å². The van der Waals surface area contributed by atoms with Crippen LogP contribution in [0, 0.1) is 5.92 Å². The van der Waals surface area contributed by atoms with Crippen LogP contribution in [0.2, 0.25) is 0 Å². The van der Waals surface area contributed by atoms with Crippen LogP contribution in [0.4, 0.5) is 0 Å². The topological polar surface area (TPSA) is 24.1 Å². The summed E-state index contributed by atoms with van der Waals surface area (Å²) in [4.78, 5) is 0. The standard InChI is InChI=1S/C14H22N2/c1-11(9-15-2)16-10-13-8-14(13)12-6-4-3-5-7-12/h3-7,11,13-16H,8-10H2,1-2H3. The first-order chi connectivity index (χ1) is 7.81. The van der Waals surface area contributed by atoms with Crippen molar-refractivity contribution in [2.45, 2.75) is 25.3 Å². The van der Waals surface area contributed by atoms with Gasteiger partial charge in [0, 0.05) is 12.6 Å². The maximum absolute atomic E-state index is 3.58. The molecule has 0 bridgehead atoms. The molecule has 2 nitrogen and oxygen atoms in total. The lowest BCUT2D eigenvalue weighted by atomic mass is 10.1. The minimum Gasteiger partial charge on any atom is -0.318 e. The molecule has 2 rings (SSSR count). The van der Waals surface area contributed by atoms with Gasteiger partial charge in [0.1, 0.15) is 0 Å². The van der Waals surface area contributed by atoms with Crippen LogP contribution >= 0.6 is 0 Å². The molecule has 0 spiro atoms. The third-order valence-corrected chi connectivity index (χ3v) is 3.39. The lowest BCUT2D eigenvalue weighted by Gasteiger charge is -2.12. The first-order valence-electron chi connectivity index (χ1n) is 6.24. The van der Waals surface area contributed by atoms with E-state index in [0.29, 0.717) is 6.04 Å². The Labute approximate surface area is 98.4 Å². The fourth-order valence-corrected chi connectivity index (χ4v) is 2.31. The Balaban J connectivity index is 1.72. The second-order valence-corrected chi connectivity index (χ2v) is 4.88. The fourth-order valence-electron chi connectivity index (χ4n) is 2.31. The van der Waals surface area contributed by atoms with Crippen molar-refractivity contribution in [2.24, 2.45) is 5.92 Å². The van der Waals surface area contributed by atoms with Crippen molar-refractivity contribution >= 4 is 0 Å². The summed E-state index contributed by atoms with van der Waals surface area (Å²) in [6.07, 6.45) is 1.35. The molecule has 1 aliphatic carbocycles. The highest BCUT2D eigenvalue weighted by molar-refractivity contribution is 5.25. The van der Waals surface area contributed by atoms with Crippen molar-refractivity contribution < 1.29 is 0 Å². The Morgan fingerprint density at radius 1 is 1.31 bits per heavy atom. The molecule has 1 aliphatic rings. The molecular weight excluding hydrogens is 196 g/mol. The van der Waals surface area contributed by atoms with E-state index in [2.05, 4.69) is 47.9 Å². The van der Waals surface area contributed by atoms with Gasteiger partial charge >= 0.3 is 0 Å². The molecule has 3 unspecified atom stereocenters. The van der Waals surface area contributed by atoms with E-state index in [-0.39, 0.29) is 0 Å². The predicted octanol–water partition coefficient (Wildman–Crippen LogP) is 1.99. The number of hydrogen-bond acceptors (Lipinski definition) is 2. The van der Waals surface area contributed by atoms with E-state index in [1.807, 2.05) is 7.05 Å². The Hall–Kier alpha value is -0.860. The summed E-state index contributed by atoms with van der Waals surface area (Å²) in [6.45, 7) is 4.43. The third-order valence-electron chi connectivity index (χ3n) is 3.39. The van der Waals surface area contributed by atoms with Gasteiger partial charge < -0.3 is 10.6 Å². The Bertz CT molecular complexity index is 310. The third kappa shape index (κ3) is 3.06. The van der Waals surface area contributed by atoms with Crippen molar-refractivity contribution in [3.05, 3.63) is 35.9 Å². The Morgan fingerprint density at radius 2 is 2.06 bits per heavy atom. The molecular formula is C14H22N2. The first-order valence-corrected chi connectivity index (χ1v) is 6.24. The van der Waals surface area contributed by atoms with Crippen LogP contribution in [-0.2, 0) is 0 Å². The number of benzene rings is 1. The smallest absolute Gasteiger partial charge is 0.0164 e. The first kappa shape index (κ1) is 11.6. The van der Waals surface area contributed by atoms with Gasteiger partial charge in [-0.1, -0.05) is 30.3 Å². The molecule has 0 amide bonds. The zero-order valence-electron chi connectivity index (χ0n) is 10.2. The summed E-state index contributed by atoms with van der Waals surface area (Å²) in [6, 6.07) is 11.4. The predicted molar refractivity (Wildman–Crippen MR) is 68.7 cm³/mol. The van der Waals surface area contributed by atoms with Crippen LogP contribution in [0.25, 0.3) is 0 Å². The quantitative estimate of drug-likeness (QED) is 0.763. The van der Waals surface area contributed by atoms with E-state index >= 15 is 0 Å². The maximum Gasteiger partial charge on any atom is 0.0164 e. The molecule has 88 valence electrons. The summed E-state index contributed by atoms with van der Waals surface area (Å²) >= 11 is 0. The summed E-state index contributed by atoms with van der Waals surface area (Å²) in [5.74, 6) is 1.65. The lowest BCUT2D eigenvalue weighted by Crippen LogP contribution is -2.36. The highest BCUT2D eigenvalue weighted by atomic mass is 15.0. The Morgan fingerprint density at radius 3 is 2.75 bits per heavy atom. The van der Waals surface area contributed by atoms with Crippen LogP contribution in [0.5, 0.6) is 0 Å². The normalized spacial score (nSPS) is 25.4. The monoisotopic (exact) mass is 218 g/mol. The molecule has 0 heterocycles. The number of likely N-dealkylation sites (N-methyl/N-ethyl adjacent to an activating group) is 1. The molecule has 2 N–H and O–H groups in total. The second-order valence-electron chi connectivity index (χ2n) is 4.88. The van der Waals surface area contributed by atoms with E-state index < -0.39 is 0 Å². The van der Waals surface area contributed by atoms with E-state index in [1.54, 1.807) is 0 Å². The SMILES string of the molecule is CNCC(C)NCC1CC1c1ccccc1. The minimum atomic E-state index is 0.571. The van der Waals surface area contributed by atoms with Gasteiger partial charge in [0.15, 0.2) is 0 Å². The van der Waals surface area contributed by atoms with Gasteiger partial charge in [-0.2, -0.15) is 0 Å². The van der Waals surface area contributed by atoms with Crippen LogP contribution in [-0.4, -0.2) is 26.2 Å². The van der Waals surface area contributed by atoms with Gasteiger partial charge in [0.2, 0.25) is 0 Å². The molecule has 3 atom stereocenters. The van der Waals surface area contributed by atoms with Crippen LogP contribution in [0.3, 0.4) is 0 Å². The molecule has 1 fully saturated rings. The second kappa shape index (κ2) is 5.46. The molecule has 1 aromatic carbocycles. The van der Waals surface area contributed by atoms with Crippen molar-refractivity contribution in [1.82, 2.24) is 10.6 Å². The summed E-state index contributed by atoms with van der Waals surface area (Å²) < 4.78 is 0. The highest BCUT2D eigenvalue weighted by Crippen LogP contribution is 2.46.